The van der Waals surface area contributed by atoms with Crippen molar-refractivity contribution in [1.82, 2.24) is 5.32 Å². The molecule has 0 amide bonds. The first-order valence-corrected chi connectivity index (χ1v) is 6.47. The number of hydrogen-bond acceptors (Lipinski definition) is 1. The van der Waals surface area contributed by atoms with Crippen molar-refractivity contribution in [2.75, 3.05) is 6.54 Å². The van der Waals surface area contributed by atoms with Crippen molar-refractivity contribution in [3.63, 3.8) is 0 Å². The molecule has 4 atom stereocenters. The number of fused-ring (bicyclic) bond motifs is 1. The zero-order chi connectivity index (χ0) is 10.2. The highest BCUT2D eigenvalue weighted by atomic mass is 15.0. The van der Waals surface area contributed by atoms with Gasteiger partial charge >= 0.3 is 0 Å². The van der Waals surface area contributed by atoms with E-state index >= 15 is 0 Å². The Hall–Kier alpha value is -0.0400. The van der Waals surface area contributed by atoms with E-state index in [1.54, 1.807) is 0 Å². The molecule has 2 fully saturated rings. The Kier molecular flexibility index (Phi) is 2.88. The van der Waals surface area contributed by atoms with Gasteiger partial charge in [0, 0.05) is 6.04 Å². The third-order valence-electron chi connectivity index (χ3n) is 4.93. The molecule has 14 heavy (non-hydrogen) atoms. The highest BCUT2D eigenvalue weighted by Crippen LogP contribution is 2.60. The van der Waals surface area contributed by atoms with E-state index < -0.39 is 0 Å². The van der Waals surface area contributed by atoms with Crippen molar-refractivity contribution in [3.05, 3.63) is 0 Å². The van der Waals surface area contributed by atoms with Crippen molar-refractivity contribution in [3.8, 4) is 0 Å². The van der Waals surface area contributed by atoms with Gasteiger partial charge in [0.15, 0.2) is 0 Å². The zero-order valence-electron chi connectivity index (χ0n) is 9.97. The van der Waals surface area contributed by atoms with E-state index in [0.717, 1.165) is 17.9 Å². The van der Waals surface area contributed by atoms with Crippen molar-refractivity contribution in [1.29, 1.82) is 0 Å². The Bertz CT molecular complexity index is 201. The average Bonchev–Trinajstić information content (AvgIpc) is 2.63. The van der Waals surface area contributed by atoms with E-state index in [2.05, 4.69) is 26.1 Å². The smallest absolute Gasteiger partial charge is 0.0155 e. The molecule has 0 aromatic rings. The molecule has 0 aliphatic heterocycles. The van der Waals surface area contributed by atoms with Gasteiger partial charge in [0.05, 0.1) is 0 Å². The fourth-order valence-corrected chi connectivity index (χ4v) is 3.97. The maximum Gasteiger partial charge on any atom is 0.0155 e. The molecule has 2 saturated carbocycles. The van der Waals surface area contributed by atoms with Crippen LogP contribution in [-0.4, -0.2) is 12.6 Å². The van der Waals surface area contributed by atoms with E-state index in [1.807, 2.05) is 0 Å². The minimum Gasteiger partial charge on any atom is -0.313 e. The Balaban J connectivity index is 2.00. The van der Waals surface area contributed by atoms with E-state index in [-0.39, 0.29) is 0 Å². The summed E-state index contributed by atoms with van der Waals surface area (Å²) in [5.41, 5.74) is 0.621. The summed E-state index contributed by atoms with van der Waals surface area (Å²) in [7, 11) is 0. The molecule has 0 aromatic carbocycles. The van der Waals surface area contributed by atoms with Crippen LogP contribution in [0.15, 0.2) is 0 Å². The van der Waals surface area contributed by atoms with Gasteiger partial charge in [-0.2, -0.15) is 0 Å². The molecule has 4 unspecified atom stereocenters. The van der Waals surface area contributed by atoms with E-state index in [9.17, 15) is 0 Å². The van der Waals surface area contributed by atoms with Crippen molar-refractivity contribution in [2.24, 2.45) is 17.3 Å². The summed E-state index contributed by atoms with van der Waals surface area (Å²) in [6.07, 6.45) is 7.10. The molecule has 2 rings (SSSR count). The summed E-state index contributed by atoms with van der Waals surface area (Å²) in [6.45, 7) is 8.35. The summed E-state index contributed by atoms with van der Waals surface area (Å²) < 4.78 is 0. The van der Waals surface area contributed by atoms with Gasteiger partial charge in [-0.1, -0.05) is 27.2 Å². The lowest BCUT2D eigenvalue weighted by molar-refractivity contribution is -0.0587. The van der Waals surface area contributed by atoms with Crippen LogP contribution in [-0.2, 0) is 0 Å². The number of nitrogens with one attached hydrogen (secondary N) is 1. The van der Waals surface area contributed by atoms with Gasteiger partial charge in [-0.15, -0.1) is 0 Å². The SMILES string of the molecule is CCCNC1C2CCCC2C1(C)CC. The highest BCUT2D eigenvalue weighted by Gasteiger charge is 2.58. The molecule has 0 spiro atoms. The van der Waals surface area contributed by atoms with Crippen molar-refractivity contribution >= 4 is 0 Å². The summed E-state index contributed by atoms with van der Waals surface area (Å²) >= 11 is 0. The van der Waals surface area contributed by atoms with Gasteiger partial charge in [-0.25, -0.2) is 0 Å². The van der Waals surface area contributed by atoms with Crippen LogP contribution in [0.5, 0.6) is 0 Å². The third kappa shape index (κ3) is 1.32. The summed E-state index contributed by atoms with van der Waals surface area (Å²) in [6, 6.07) is 0.833. The minimum atomic E-state index is 0.621. The lowest BCUT2D eigenvalue weighted by atomic mass is 9.51. The Morgan fingerprint density at radius 3 is 2.71 bits per heavy atom. The van der Waals surface area contributed by atoms with Crippen LogP contribution >= 0.6 is 0 Å². The lowest BCUT2D eigenvalue weighted by Gasteiger charge is -2.58. The molecule has 2 aliphatic rings. The molecule has 0 heterocycles. The van der Waals surface area contributed by atoms with Crippen molar-refractivity contribution < 1.29 is 0 Å². The van der Waals surface area contributed by atoms with Gasteiger partial charge in [-0.05, 0) is 49.5 Å². The first-order valence-electron chi connectivity index (χ1n) is 6.47. The third-order valence-corrected chi connectivity index (χ3v) is 4.93. The van der Waals surface area contributed by atoms with Crippen LogP contribution in [0, 0.1) is 17.3 Å². The maximum absolute atomic E-state index is 3.78. The van der Waals surface area contributed by atoms with Gasteiger partial charge in [0.1, 0.15) is 0 Å². The van der Waals surface area contributed by atoms with Gasteiger partial charge in [-0.3, -0.25) is 0 Å². The number of rotatable bonds is 4. The normalized spacial score (nSPS) is 46.1. The van der Waals surface area contributed by atoms with Crippen LogP contribution in [0.1, 0.15) is 52.9 Å². The molecule has 82 valence electrons. The largest absolute Gasteiger partial charge is 0.313 e. The van der Waals surface area contributed by atoms with Crippen LogP contribution in [0.2, 0.25) is 0 Å². The Morgan fingerprint density at radius 2 is 2.07 bits per heavy atom. The van der Waals surface area contributed by atoms with E-state index in [1.165, 1.54) is 38.6 Å². The molecule has 0 bridgehead atoms. The molecular formula is C13H25N. The monoisotopic (exact) mass is 195 g/mol. The van der Waals surface area contributed by atoms with Crippen LogP contribution in [0.3, 0.4) is 0 Å². The molecule has 1 nitrogen and oxygen atoms in total. The van der Waals surface area contributed by atoms with Crippen LogP contribution in [0.4, 0.5) is 0 Å². The zero-order valence-corrected chi connectivity index (χ0v) is 9.97. The molecule has 1 N–H and O–H groups in total. The summed E-state index contributed by atoms with van der Waals surface area (Å²) in [5, 5.41) is 3.78. The van der Waals surface area contributed by atoms with E-state index in [4.69, 9.17) is 0 Å². The van der Waals surface area contributed by atoms with Gasteiger partial charge in [0.2, 0.25) is 0 Å². The predicted octanol–water partition coefficient (Wildman–Crippen LogP) is 3.20. The molecule has 0 aromatic heterocycles. The van der Waals surface area contributed by atoms with Gasteiger partial charge in [0.25, 0.3) is 0 Å². The fourth-order valence-electron chi connectivity index (χ4n) is 3.97. The lowest BCUT2D eigenvalue weighted by Crippen LogP contribution is -2.63. The Labute approximate surface area is 88.7 Å². The molecule has 1 heteroatoms. The number of hydrogen-bond donors (Lipinski definition) is 1. The summed E-state index contributed by atoms with van der Waals surface area (Å²) in [5.74, 6) is 2.06. The second kappa shape index (κ2) is 3.84. The molecule has 2 aliphatic carbocycles. The maximum atomic E-state index is 3.78. The van der Waals surface area contributed by atoms with Crippen LogP contribution < -0.4 is 5.32 Å². The first kappa shape index (κ1) is 10.5. The van der Waals surface area contributed by atoms with E-state index in [0.29, 0.717) is 5.41 Å². The quantitative estimate of drug-likeness (QED) is 0.726. The second-order valence-corrected chi connectivity index (χ2v) is 5.49. The minimum absolute atomic E-state index is 0.621. The Morgan fingerprint density at radius 1 is 1.29 bits per heavy atom. The second-order valence-electron chi connectivity index (χ2n) is 5.49. The fraction of sp³-hybridized carbons (Fsp3) is 1.00. The molecular weight excluding hydrogens is 170 g/mol. The van der Waals surface area contributed by atoms with Crippen molar-refractivity contribution in [2.45, 2.75) is 58.9 Å². The molecule has 0 radical (unpaired) electrons. The average molecular weight is 195 g/mol. The summed E-state index contributed by atoms with van der Waals surface area (Å²) in [4.78, 5) is 0. The standard InChI is InChI=1S/C13H25N/c1-4-9-14-12-10-7-6-8-11(10)13(12,3)5-2/h10-12,14H,4-9H2,1-3H3. The first-order chi connectivity index (χ1) is 6.74. The van der Waals surface area contributed by atoms with Crippen LogP contribution in [0.25, 0.3) is 0 Å². The highest BCUT2D eigenvalue weighted by molar-refractivity contribution is 5.11. The topological polar surface area (TPSA) is 12.0 Å². The predicted molar refractivity (Wildman–Crippen MR) is 61.3 cm³/mol. The van der Waals surface area contributed by atoms with Gasteiger partial charge < -0.3 is 5.32 Å². The molecule has 0 saturated heterocycles.